The minimum atomic E-state index is 0.816. The highest BCUT2D eigenvalue weighted by atomic mass is 35.5. The largest absolute Gasteiger partial charge is 0.374 e. The van der Waals surface area contributed by atoms with Gasteiger partial charge in [0.05, 0.1) is 0 Å². The van der Waals surface area contributed by atoms with E-state index < -0.39 is 0 Å². The van der Waals surface area contributed by atoms with Crippen LogP contribution in [0.5, 0.6) is 0 Å². The predicted octanol–water partition coefficient (Wildman–Crippen LogP) is 4.08. The Hall–Kier alpha value is -0.730. The molecule has 3 heteroatoms. The molecule has 0 fully saturated rings. The van der Waals surface area contributed by atoms with E-state index in [1.54, 1.807) is 0 Å². The van der Waals surface area contributed by atoms with Crippen LogP contribution in [0.4, 0.5) is 5.69 Å². The molecular formula is C15H25ClN2. The molecule has 0 aromatic heterocycles. The zero-order valence-electron chi connectivity index (χ0n) is 11.8. The first-order valence-electron chi connectivity index (χ1n) is 6.89. The Morgan fingerprint density at radius 2 is 2.00 bits per heavy atom. The zero-order valence-corrected chi connectivity index (χ0v) is 12.6. The van der Waals surface area contributed by atoms with Crippen molar-refractivity contribution in [3.63, 3.8) is 0 Å². The molecule has 1 rings (SSSR count). The average Bonchev–Trinajstić information content (AvgIpc) is 2.36. The van der Waals surface area contributed by atoms with Gasteiger partial charge in [0.15, 0.2) is 0 Å². The summed E-state index contributed by atoms with van der Waals surface area (Å²) in [6.07, 6.45) is 3.60. The minimum Gasteiger partial charge on any atom is -0.374 e. The van der Waals surface area contributed by atoms with Gasteiger partial charge in [-0.1, -0.05) is 31.9 Å². The van der Waals surface area contributed by atoms with Gasteiger partial charge in [-0.25, -0.2) is 0 Å². The molecule has 102 valence electrons. The minimum absolute atomic E-state index is 0.816. The number of rotatable bonds is 8. The fraction of sp³-hybridized carbons (Fsp3) is 0.600. The highest BCUT2D eigenvalue weighted by Crippen LogP contribution is 2.23. The van der Waals surface area contributed by atoms with Gasteiger partial charge in [0.1, 0.15) is 0 Å². The molecule has 0 bridgehead atoms. The van der Waals surface area contributed by atoms with Crippen LogP contribution in [0.15, 0.2) is 18.2 Å². The lowest BCUT2D eigenvalue weighted by atomic mass is 10.1. The summed E-state index contributed by atoms with van der Waals surface area (Å²) < 4.78 is 0. The van der Waals surface area contributed by atoms with Crippen molar-refractivity contribution >= 4 is 17.3 Å². The van der Waals surface area contributed by atoms with Crippen LogP contribution in [0.1, 0.15) is 38.7 Å². The molecule has 0 aliphatic rings. The number of anilines is 1. The van der Waals surface area contributed by atoms with Crippen molar-refractivity contribution in [2.75, 3.05) is 25.0 Å². The summed E-state index contributed by atoms with van der Waals surface area (Å²) in [5.41, 5.74) is 2.58. The highest BCUT2D eigenvalue weighted by Gasteiger charge is 2.07. The van der Waals surface area contributed by atoms with Crippen LogP contribution in [0.25, 0.3) is 0 Å². The molecule has 0 saturated carbocycles. The Morgan fingerprint density at radius 1 is 1.22 bits per heavy atom. The van der Waals surface area contributed by atoms with E-state index in [1.807, 2.05) is 6.07 Å². The van der Waals surface area contributed by atoms with E-state index in [0.29, 0.717) is 0 Å². The molecule has 0 radical (unpaired) electrons. The summed E-state index contributed by atoms with van der Waals surface area (Å²) in [6.45, 7) is 7.43. The van der Waals surface area contributed by atoms with E-state index in [-0.39, 0.29) is 0 Å². The number of nitrogens with zero attached hydrogens (tertiary/aromatic N) is 1. The van der Waals surface area contributed by atoms with Gasteiger partial charge in [-0.2, -0.15) is 0 Å². The second-order valence-corrected chi connectivity index (χ2v) is 5.16. The quantitative estimate of drug-likeness (QED) is 0.715. The molecule has 0 saturated heterocycles. The van der Waals surface area contributed by atoms with E-state index in [4.69, 9.17) is 11.6 Å². The normalized spacial score (nSPS) is 10.7. The first-order valence-corrected chi connectivity index (χ1v) is 7.27. The summed E-state index contributed by atoms with van der Waals surface area (Å²) in [7, 11) is 2.15. The fourth-order valence-electron chi connectivity index (χ4n) is 1.98. The van der Waals surface area contributed by atoms with Crippen LogP contribution in [-0.4, -0.2) is 20.1 Å². The number of hydrogen-bond donors (Lipinski definition) is 1. The maximum absolute atomic E-state index is 6.09. The highest BCUT2D eigenvalue weighted by molar-refractivity contribution is 6.30. The molecule has 0 atom stereocenters. The SMILES string of the molecule is CCCCN(C)c1ccc(Cl)cc1CNCCC. The monoisotopic (exact) mass is 268 g/mol. The van der Waals surface area contributed by atoms with Crippen molar-refractivity contribution in [1.82, 2.24) is 5.32 Å². The Kier molecular flexibility index (Phi) is 7.14. The van der Waals surface area contributed by atoms with Gasteiger partial charge < -0.3 is 10.2 Å². The van der Waals surface area contributed by atoms with E-state index in [9.17, 15) is 0 Å². The molecule has 0 heterocycles. The summed E-state index contributed by atoms with van der Waals surface area (Å²) in [5, 5.41) is 4.26. The summed E-state index contributed by atoms with van der Waals surface area (Å²) in [5.74, 6) is 0. The maximum Gasteiger partial charge on any atom is 0.0410 e. The molecule has 1 aromatic carbocycles. The smallest absolute Gasteiger partial charge is 0.0410 e. The standard InChI is InChI=1S/C15H25ClN2/c1-4-6-10-18(3)15-8-7-14(16)11-13(15)12-17-9-5-2/h7-8,11,17H,4-6,9-10,12H2,1-3H3. The van der Waals surface area contributed by atoms with Crippen molar-refractivity contribution < 1.29 is 0 Å². The van der Waals surface area contributed by atoms with Crippen molar-refractivity contribution in [1.29, 1.82) is 0 Å². The second-order valence-electron chi connectivity index (χ2n) is 4.72. The lowest BCUT2D eigenvalue weighted by Gasteiger charge is -2.22. The van der Waals surface area contributed by atoms with Gasteiger partial charge in [-0.3, -0.25) is 0 Å². The molecule has 18 heavy (non-hydrogen) atoms. The summed E-state index contributed by atoms with van der Waals surface area (Å²) in [6, 6.07) is 6.17. The molecule has 0 amide bonds. The Bertz CT molecular complexity index is 352. The van der Waals surface area contributed by atoms with E-state index in [1.165, 1.54) is 24.1 Å². The van der Waals surface area contributed by atoms with E-state index in [0.717, 1.165) is 31.1 Å². The lowest BCUT2D eigenvalue weighted by molar-refractivity contribution is 0.672. The predicted molar refractivity (Wildman–Crippen MR) is 81.6 cm³/mol. The second kappa shape index (κ2) is 8.39. The Balaban J connectivity index is 2.74. The van der Waals surface area contributed by atoms with Crippen LogP contribution in [0.3, 0.4) is 0 Å². The summed E-state index contributed by atoms with van der Waals surface area (Å²) >= 11 is 6.09. The maximum atomic E-state index is 6.09. The van der Waals surface area contributed by atoms with E-state index >= 15 is 0 Å². The van der Waals surface area contributed by atoms with Crippen LogP contribution < -0.4 is 10.2 Å². The third-order valence-electron chi connectivity index (χ3n) is 3.04. The van der Waals surface area contributed by atoms with Gasteiger partial charge in [-0.15, -0.1) is 0 Å². The van der Waals surface area contributed by atoms with Crippen molar-refractivity contribution in [3.8, 4) is 0 Å². The molecular weight excluding hydrogens is 244 g/mol. The van der Waals surface area contributed by atoms with Crippen molar-refractivity contribution in [2.45, 2.75) is 39.7 Å². The summed E-state index contributed by atoms with van der Waals surface area (Å²) in [4.78, 5) is 2.32. The van der Waals surface area contributed by atoms with Gasteiger partial charge in [0.2, 0.25) is 0 Å². The Morgan fingerprint density at radius 3 is 2.67 bits per heavy atom. The molecule has 1 N–H and O–H groups in total. The van der Waals surface area contributed by atoms with Gasteiger partial charge in [0.25, 0.3) is 0 Å². The zero-order chi connectivity index (χ0) is 13.4. The van der Waals surface area contributed by atoms with Crippen molar-refractivity contribution in [3.05, 3.63) is 28.8 Å². The topological polar surface area (TPSA) is 15.3 Å². The van der Waals surface area contributed by atoms with Gasteiger partial charge in [-0.05, 0) is 43.1 Å². The van der Waals surface area contributed by atoms with Crippen LogP contribution in [0.2, 0.25) is 5.02 Å². The number of halogens is 1. The van der Waals surface area contributed by atoms with Crippen LogP contribution in [0, 0.1) is 0 Å². The molecule has 1 aromatic rings. The third-order valence-corrected chi connectivity index (χ3v) is 3.28. The molecule has 2 nitrogen and oxygen atoms in total. The van der Waals surface area contributed by atoms with Crippen LogP contribution in [-0.2, 0) is 6.54 Å². The molecule has 0 spiro atoms. The van der Waals surface area contributed by atoms with Crippen molar-refractivity contribution in [2.24, 2.45) is 0 Å². The van der Waals surface area contributed by atoms with Gasteiger partial charge >= 0.3 is 0 Å². The fourth-order valence-corrected chi connectivity index (χ4v) is 2.18. The third kappa shape index (κ3) is 4.87. The van der Waals surface area contributed by atoms with Gasteiger partial charge in [0, 0.05) is 30.8 Å². The molecule has 0 aliphatic heterocycles. The number of nitrogens with one attached hydrogen (secondary N) is 1. The molecule has 0 unspecified atom stereocenters. The number of hydrogen-bond acceptors (Lipinski definition) is 2. The first kappa shape index (κ1) is 15.3. The first-order chi connectivity index (χ1) is 8.69. The number of unbranched alkanes of at least 4 members (excludes halogenated alkanes) is 1. The lowest BCUT2D eigenvalue weighted by Crippen LogP contribution is -2.22. The van der Waals surface area contributed by atoms with E-state index in [2.05, 4.69) is 43.2 Å². The van der Waals surface area contributed by atoms with Crippen LogP contribution >= 0.6 is 11.6 Å². The Labute approximate surface area is 116 Å². The average molecular weight is 269 g/mol. The molecule has 0 aliphatic carbocycles. The number of benzene rings is 1.